The molecule has 1 fully saturated rings. The topological polar surface area (TPSA) is 69.6 Å². The van der Waals surface area contributed by atoms with E-state index in [9.17, 15) is 9.59 Å². The highest BCUT2D eigenvalue weighted by Crippen LogP contribution is 2.19. The van der Waals surface area contributed by atoms with Crippen LogP contribution in [-0.2, 0) is 9.59 Å². The summed E-state index contributed by atoms with van der Waals surface area (Å²) in [5.74, 6) is -0.909. The number of rotatable bonds is 6. The zero-order valence-corrected chi connectivity index (χ0v) is 13.4. The van der Waals surface area contributed by atoms with Crippen LogP contribution in [0.15, 0.2) is 0 Å². The molecule has 1 saturated heterocycles. The summed E-state index contributed by atoms with van der Waals surface area (Å²) in [5.41, 5.74) is 0. The monoisotopic (exact) mass is 306 g/mol. The van der Waals surface area contributed by atoms with Crippen molar-refractivity contribution in [3.8, 4) is 0 Å². The van der Waals surface area contributed by atoms with Crippen molar-refractivity contribution in [1.82, 2.24) is 10.2 Å². The molecule has 0 radical (unpaired) electrons. The zero-order valence-electron chi connectivity index (χ0n) is 12.6. The predicted molar refractivity (Wildman–Crippen MR) is 81.2 cm³/mol. The summed E-state index contributed by atoms with van der Waals surface area (Å²) in [6.45, 7) is 7.39. The molecule has 1 rings (SSSR count). The maximum Gasteiger partial charge on any atom is 0.306 e. The summed E-state index contributed by atoms with van der Waals surface area (Å²) in [7, 11) is 0. The fraction of sp³-hybridized carbons (Fsp3) is 0.857. The number of carboxylic acid groups (broad SMARTS) is 1. The first-order valence-corrected chi connectivity index (χ1v) is 7.23. The van der Waals surface area contributed by atoms with Crippen LogP contribution < -0.4 is 5.32 Å². The van der Waals surface area contributed by atoms with E-state index in [1.807, 2.05) is 13.8 Å². The first kappa shape index (κ1) is 19.2. The molecule has 20 heavy (non-hydrogen) atoms. The van der Waals surface area contributed by atoms with Gasteiger partial charge in [0.15, 0.2) is 0 Å². The fourth-order valence-corrected chi connectivity index (χ4v) is 2.57. The Bertz CT molecular complexity index is 318. The van der Waals surface area contributed by atoms with Gasteiger partial charge in [-0.15, -0.1) is 12.4 Å². The second kappa shape index (κ2) is 9.19. The molecule has 0 aromatic heterocycles. The number of likely N-dealkylation sites (tertiary alicyclic amines) is 1. The van der Waals surface area contributed by atoms with Gasteiger partial charge in [-0.2, -0.15) is 0 Å². The van der Waals surface area contributed by atoms with E-state index in [1.54, 1.807) is 0 Å². The Morgan fingerprint density at radius 2 is 1.85 bits per heavy atom. The highest BCUT2D eigenvalue weighted by Gasteiger charge is 2.29. The van der Waals surface area contributed by atoms with Gasteiger partial charge in [-0.25, -0.2) is 0 Å². The molecule has 0 saturated carbocycles. The summed E-state index contributed by atoms with van der Waals surface area (Å²) < 4.78 is 0. The number of hydrogen-bond donors (Lipinski definition) is 2. The zero-order chi connectivity index (χ0) is 14.4. The smallest absolute Gasteiger partial charge is 0.306 e. The standard InChI is InChI=1S/C14H26N2O3.ClH/c1-4-5-10(2)15-13(17)11(3)16-8-6-12(7-9-16)14(18)19;/h10-12H,4-9H2,1-3H3,(H,15,17)(H,18,19);1H. The molecule has 0 bridgehead atoms. The van der Waals surface area contributed by atoms with Gasteiger partial charge in [-0.05, 0) is 46.2 Å². The maximum absolute atomic E-state index is 12.1. The molecule has 1 amide bonds. The van der Waals surface area contributed by atoms with Gasteiger partial charge in [0.05, 0.1) is 12.0 Å². The van der Waals surface area contributed by atoms with E-state index >= 15 is 0 Å². The number of aliphatic carboxylic acids is 1. The van der Waals surface area contributed by atoms with E-state index < -0.39 is 5.97 Å². The molecule has 1 aliphatic heterocycles. The third kappa shape index (κ3) is 5.67. The molecule has 0 aliphatic carbocycles. The van der Waals surface area contributed by atoms with Crippen molar-refractivity contribution in [2.45, 2.75) is 58.5 Å². The van der Waals surface area contributed by atoms with Crippen molar-refractivity contribution in [2.75, 3.05) is 13.1 Å². The van der Waals surface area contributed by atoms with Gasteiger partial charge in [-0.3, -0.25) is 14.5 Å². The first-order chi connectivity index (χ1) is 8.95. The quantitative estimate of drug-likeness (QED) is 0.786. The molecule has 5 nitrogen and oxygen atoms in total. The average molecular weight is 307 g/mol. The minimum Gasteiger partial charge on any atom is -0.481 e. The molecule has 0 spiro atoms. The highest BCUT2D eigenvalue weighted by atomic mass is 35.5. The number of halogens is 1. The van der Waals surface area contributed by atoms with Crippen molar-refractivity contribution in [2.24, 2.45) is 5.92 Å². The number of carbonyl (C=O) groups excluding carboxylic acids is 1. The minimum atomic E-state index is -0.715. The van der Waals surface area contributed by atoms with E-state index in [0.717, 1.165) is 12.8 Å². The van der Waals surface area contributed by atoms with Crippen LogP contribution in [0, 0.1) is 5.92 Å². The number of nitrogens with zero attached hydrogens (tertiary/aromatic N) is 1. The van der Waals surface area contributed by atoms with Crippen LogP contribution in [0.3, 0.4) is 0 Å². The van der Waals surface area contributed by atoms with Gasteiger partial charge >= 0.3 is 5.97 Å². The van der Waals surface area contributed by atoms with Crippen molar-refractivity contribution in [3.63, 3.8) is 0 Å². The summed E-state index contributed by atoms with van der Waals surface area (Å²) in [6.07, 6.45) is 3.31. The first-order valence-electron chi connectivity index (χ1n) is 7.23. The van der Waals surface area contributed by atoms with Crippen LogP contribution in [-0.4, -0.2) is 47.1 Å². The second-order valence-corrected chi connectivity index (χ2v) is 5.52. The van der Waals surface area contributed by atoms with Gasteiger partial charge in [0, 0.05) is 6.04 Å². The van der Waals surface area contributed by atoms with Crippen molar-refractivity contribution < 1.29 is 14.7 Å². The Labute approximate surface area is 127 Å². The number of piperidine rings is 1. The SMILES string of the molecule is CCCC(C)NC(=O)C(C)N1CCC(C(=O)O)CC1.Cl. The molecule has 1 aliphatic rings. The van der Waals surface area contributed by atoms with E-state index in [4.69, 9.17) is 5.11 Å². The lowest BCUT2D eigenvalue weighted by Crippen LogP contribution is -2.50. The van der Waals surface area contributed by atoms with Crippen LogP contribution in [0.25, 0.3) is 0 Å². The summed E-state index contributed by atoms with van der Waals surface area (Å²) in [6, 6.07) is 0.0329. The molecule has 0 aromatic rings. The van der Waals surface area contributed by atoms with Gasteiger partial charge < -0.3 is 10.4 Å². The number of carboxylic acids is 1. The highest BCUT2D eigenvalue weighted by molar-refractivity contribution is 5.85. The van der Waals surface area contributed by atoms with Crippen LogP contribution >= 0.6 is 12.4 Å². The Morgan fingerprint density at radius 3 is 2.30 bits per heavy atom. The van der Waals surface area contributed by atoms with Crippen LogP contribution in [0.5, 0.6) is 0 Å². The maximum atomic E-state index is 12.1. The summed E-state index contributed by atoms with van der Waals surface area (Å²) >= 11 is 0. The van der Waals surface area contributed by atoms with E-state index in [0.29, 0.717) is 25.9 Å². The molecule has 118 valence electrons. The molecule has 2 N–H and O–H groups in total. The van der Waals surface area contributed by atoms with Crippen molar-refractivity contribution in [3.05, 3.63) is 0 Å². The Kier molecular flexibility index (Phi) is 8.81. The van der Waals surface area contributed by atoms with E-state index in [1.165, 1.54) is 0 Å². The predicted octanol–water partition coefficient (Wildman–Crippen LogP) is 1.90. The molecule has 2 unspecified atom stereocenters. The van der Waals surface area contributed by atoms with Crippen LogP contribution in [0.4, 0.5) is 0 Å². The third-order valence-corrected chi connectivity index (χ3v) is 3.92. The molecule has 0 aromatic carbocycles. The Morgan fingerprint density at radius 1 is 1.30 bits per heavy atom. The van der Waals surface area contributed by atoms with E-state index in [-0.39, 0.29) is 36.3 Å². The number of amides is 1. The fourth-order valence-electron chi connectivity index (χ4n) is 2.57. The van der Waals surface area contributed by atoms with E-state index in [2.05, 4.69) is 17.1 Å². The lowest BCUT2D eigenvalue weighted by atomic mass is 9.96. The average Bonchev–Trinajstić information content (AvgIpc) is 2.38. The molecule has 6 heteroatoms. The number of carbonyl (C=O) groups is 2. The van der Waals surface area contributed by atoms with Crippen LogP contribution in [0.2, 0.25) is 0 Å². The lowest BCUT2D eigenvalue weighted by Gasteiger charge is -2.34. The summed E-state index contributed by atoms with van der Waals surface area (Å²) in [5, 5.41) is 12.0. The summed E-state index contributed by atoms with van der Waals surface area (Å²) in [4.78, 5) is 25.0. The van der Waals surface area contributed by atoms with Crippen molar-refractivity contribution in [1.29, 1.82) is 0 Å². The van der Waals surface area contributed by atoms with Crippen LogP contribution in [0.1, 0.15) is 46.5 Å². The molecular formula is C14H27ClN2O3. The van der Waals surface area contributed by atoms with Crippen molar-refractivity contribution >= 4 is 24.3 Å². The second-order valence-electron chi connectivity index (χ2n) is 5.52. The lowest BCUT2D eigenvalue weighted by molar-refractivity contribution is -0.143. The van der Waals surface area contributed by atoms with Gasteiger partial charge in [0.2, 0.25) is 5.91 Å². The van der Waals surface area contributed by atoms with Gasteiger partial charge in [0.1, 0.15) is 0 Å². The minimum absolute atomic E-state index is 0. The van der Waals surface area contributed by atoms with Gasteiger partial charge in [0.25, 0.3) is 0 Å². The Hall–Kier alpha value is -0.810. The number of nitrogens with one attached hydrogen (secondary N) is 1. The third-order valence-electron chi connectivity index (χ3n) is 3.92. The molecular weight excluding hydrogens is 280 g/mol. The Balaban J connectivity index is 0.00000361. The molecule has 1 heterocycles. The largest absolute Gasteiger partial charge is 0.481 e. The molecule has 2 atom stereocenters. The van der Waals surface area contributed by atoms with Gasteiger partial charge in [-0.1, -0.05) is 13.3 Å². The number of hydrogen-bond acceptors (Lipinski definition) is 3. The normalized spacial score (nSPS) is 19.8.